The summed E-state index contributed by atoms with van der Waals surface area (Å²) in [6, 6.07) is 7.20. The number of rotatable bonds is 4. The Bertz CT molecular complexity index is 993. The minimum Gasteiger partial charge on any atom is -0.291 e. The summed E-state index contributed by atoms with van der Waals surface area (Å²) < 4.78 is 14.5. The van der Waals surface area contributed by atoms with Crippen LogP contribution in [0.15, 0.2) is 40.2 Å². The normalized spacial score (nSPS) is 11.2. The molecule has 0 saturated heterocycles. The topological polar surface area (TPSA) is 88.0 Å². The van der Waals surface area contributed by atoms with Crippen molar-refractivity contribution in [2.75, 3.05) is 5.43 Å². The fourth-order valence-corrected chi connectivity index (χ4v) is 2.52. The van der Waals surface area contributed by atoms with Crippen LogP contribution in [0.25, 0.3) is 5.69 Å². The second-order valence-electron chi connectivity index (χ2n) is 5.28. The van der Waals surface area contributed by atoms with E-state index in [2.05, 4.69) is 25.6 Å². The van der Waals surface area contributed by atoms with Gasteiger partial charge in [0.2, 0.25) is 5.95 Å². The van der Waals surface area contributed by atoms with Crippen LogP contribution in [0.1, 0.15) is 17.0 Å². The van der Waals surface area contributed by atoms with Crippen molar-refractivity contribution in [3.8, 4) is 5.69 Å². The predicted molar refractivity (Wildman–Crippen MR) is 94.1 cm³/mol. The van der Waals surface area contributed by atoms with Crippen molar-refractivity contribution >= 4 is 23.8 Å². The number of H-pyrrole nitrogens is 1. The summed E-state index contributed by atoms with van der Waals surface area (Å²) in [6.45, 7) is 3.48. The van der Waals surface area contributed by atoms with Gasteiger partial charge in [0.1, 0.15) is 11.0 Å². The van der Waals surface area contributed by atoms with Gasteiger partial charge in [-0.2, -0.15) is 10.2 Å². The minimum absolute atomic E-state index is 0.223. The number of aromatic nitrogens is 4. The number of nitrogens with one attached hydrogen (secondary N) is 2. The SMILES string of the molecule is Cc1cc(=O)[nH]c(N/N=C/c2c(C)nn(-c3ccc(F)cc3)c2Cl)n1. The number of aryl methyl sites for hydroxylation is 2. The monoisotopic (exact) mass is 360 g/mol. The zero-order valence-electron chi connectivity index (χ0n) is 13.4. The molecule has 0 aliphatic rings. The molecule has 0 fully saturated rings. The fraction of sp³-hybridized carbons (Fsp3) is 0.125. The number of benzene rings is 1. The van der Waals surface area contributed by atoms with Gasteiger partial charge in [-0.15, -0.1) is 0 Å². The number of hydrogen-bond donors (Lipinski definition) is 2. The zero-order valence-corrected chi connectivity index (χ0v) is 14.2. The van der Waals surface area contributed by atoms with Crippen LogP contribution in [-0.4, -0.2) is 26.0 Å². The van der Waals surface area contributed by atoms with Crippen molar-refractivity contribution < 1.29 is 4.39 Å². The summed E-state index contributed by atoms with van der Waals surface area (Å²) in [4.78, 5) is 18.0. The smallest absolute Gasteiger partial charge is 0.252 e. The molecule has 0 aliphatic carbocycles. The van der Waals surface area contributed by atoms with Crippen molar-refractivity contribution in [2.45, 2.75) is 13.8 Å². The van der Waals surface area contributed by atoms with E-state index < -0.39 is 0 Å². The highest BCUT2D eigenvalue weighted by Crippen LogP contribution is 2.22. The molecule has 0 radical (unpaired) electrons. The molecule has 128 valence electrons. The Morgan fingerprint density at radius 3 is 2.72 bits per heavy atom. The summed E-state index contributed by atoms with van der Waals surface area (Å²) >= 11 is 6.35. The molecule has 0 atom stereocenters. The third kappa shape index (κ3) is 3.74. The maximum atomic E-state index is 13.0. The van der Waals surface area contributed by atoms with E-state index >= 15 is 0 Å². The highest BCUT2D eigenvalue weighted by molar-refractivity contribution is 6.32. The van der Waals surface area contributed by atoms with E-state index in [4.69, 9.17) is 11.6 Å². The molecule has 1 aromatic carbocycles. The molecule has 25 heavy (non-hydrogen) atoms. The Morgan fingerprint density at radius 2 is 2.04 bits per heavy atom. The minimum atomic E-state index is -0.339. The summed E-state index contributed by atoms with van der Waals surface area (Å²) in [7, 11) is 0. The lowest BCUT2D eigenvalue weighted by Crippen LogP contribution is -2.10. The molecular formula is C16H14ClFN6O. The van der Waals surface area contributed by atoms with Gasteiger partial charge in [0, 0.05) is 11.8 Å². The number of anilines is 1. The quantitative estimate of drug-likeness (QED) is 0.553. The standard InChI is InChI=1S/C16H14ClFN6O/c1-9-7-14(25)21-16(20-9)22-19-8-13-10(2)23-24(15(13)17)12-5-3-11(18)4-6-12/h3-8H,1-2H3,(H2,20,21,22,25)/b19-8+. The number of hydrazone groups is 1. The largest absolute Gasteiger partial charge is 0.291 e. The van der Waals surface area contributed by atoms with Crippen molar-refractivity contribution in [1.29, 1.82) is 0 Å². The van der Waals surface area contributed by atoms with Gasteiger partial charge in [-0.05, 0) is 38.1 Å². The lowest BCUT2D eigenvalue weighted by Gasteiger charge is -2.02. The second-order valence-corrected chi connectivity index (χ2v) is 5.64. The van der Waals surface area contributed by atoms with E-state index in [0.717, 1.165) is 0 Å². The maximum Gasteiger partial charge on any atom is 0.252 e. The first kappa shape index (κ1) is 16.8. The lowest BCUT2D eigenvalue weighted by atomic mass is 10.3. The van der Waals surface area contributed by atoms with Crippen LogP contribution in [0.3, 0.4) is 0 Å². The third-order valence-electron chi connectivity index (χ3n) is 3.35. The van der Waals surface area contributed by atoms with E-state index in [1.165, 1.54) is 29.1 Å². The molecule has 3 aromatic rings. The average molecular weight is 361 g/mol. The van der Waals surface area contributed by atoms with Gasteiger partial charge in [-0.1, -0.05) is 11.6 Å². The fourth-order valence-electron chi connectivity index (χ4n) is 2.20. The summed E-state index contributed by atoms with van der Waals surface area (Å²) in [6.07, 6.45) is 1.48. The van der Waals surface area contributed by atoms with Gasteiger partial charge >= 0.3 is 0 Å². The van der Waals surface area contributed by atoms with Crippen molar-refractivity contribution in [1.82, 2.24) is 19.7 Å². The van der Waals surface area contributed by atoms with E-state index in [0.29, 0.717) is 27.8 Å². The first-order chi connectivity index (χ1) is 11.9. The van der Waals surface area contributed by atoms with Gasteiger partial charge in [0.15, 0.2) is 0 Å². The van der Waals surface area contributed by atoms with Crippen LogP contribution in [0, 0.1) is 19.7 Å². The lowest BCUT2D eigenvalue weighted by molar-refractivity contribution is 0.627. The van der Waals surface area contributed by atoms with Crippen molar-refractivity contribution in [3.63, 3.8) is 0 Å². The summed E-state index contributed by atoms with van der Waals surface area (Å²) in [5.74, 6) is -0.115. The van der Waals surface area contributed by atoms with Crippen LogP contribution >= 0.6 is 11.6 Å². The van der Waals surface area contributed by atoms with Gasteiger partial charge in [-0.3, -0.25) is 9.78 Å². The molecule has 0 spiro atoms. The molecule has 9 heteroatoms. The molecule has 3 rings (SSSR count). The predicted octanol–water partition coefficient (Wildman–Crippen LogP) is 2.81. The summed E-state index contributed by atoms with van der Waals surface area (Å²) in [5.41, 5.74) is 4.80. The average Bonchev–Trinajstić information content (AvgIpc) is 2.83. The molecule has 2 N–H and O–H groups in total. The van der Waals surface area contributed by atoms with Crippen LogP contribution in [0.2, 0.25) is 5.15 Å². The summed E-state index contributed by atoms with van der Waals surface area (Å²) in [5, 5.41) is 8.70. The second kappa shape index (κ2) is 6.86. The molecule has 2 aromatic heterocycles. The molecule has 2 heterocycles. The molecule has 0 unspecified atom stereocenters. The molecule has 0 bridgehead atoms. The van der Waals surface area contributed by atoms with Crippen LogP contribution < -0.4 is 11.0 Å². The van der Waals surface area contributed by atoms with Crippen LogP contribution in [0.5, 0.6) is 0 Å². The van der Waals surface area contributed by atoms with Crippen LogP contribution in [-0.2, 0) is 0 Å². The molecule has 0 aliphatic heterocycles. The molecule has 0 saturated carbocycles. The molecular weight excluding hydrogens is 347 g/mol. The van der Waals surface area contributed by atoms with E-state index in [9.17, 15) is 9.18 Å². The Morgan fingerprint density at radius 1 is 1.32 bits per heavy atom. The number of aromatic amines is 1. The van der Waals surface area contributed by atoms with E-state index in [1.807, 2.05) is 0 Å². The van der Waals surface area contributed by atoms with E-state index in [-0.39, 0.29) is 17.3 Å². The van der Waals surface area contributed by atoms with Gasteiger partial charge < -0.3 is 0 Å². The van der Waals surface area contributed by atoms with E-state index in [1.54, 1.807) is 26.0 Å². The van der Waals surface area contributed by atoms with Crippen molar-refractivity contribution in [3.05, 3.63) is 68.6 Å². The molecule has 0 amide bonds. The Labute approximate surface area is 147 Å². The zero-order chi connectivity index (χ0) is 18.0. The first-order valence-electron chi connectivity index (χ1n) is 7.32. The molecule has 7 nitrogen and oxygen atoms in total. The van der Waals surface area contributed by atoms with Crippen LogP contribution in [0.4, 0.5) is 10.3 Å². The highest BCUT2D eigenvalue weighted by atomic mass is 35.5. The number of hydrogen-bond acceptors (Lipinski definition) is 5. The van der Waals surface area contributed by atoms with Gasteiger partial charge in [0.05, 0.1) is 23.2 Å². The third-order valence-corrected chi connectivity index (χ3v) is 3.72. The highest BCUT2D eigenvalue weighted by Gasteiger charge is 2.13. The van der Waals surface area contributed by atoms with Crippen molar-refractivity contribution in [2.24, 2.45) is 5.10 Å². The number of nitrogens with zero attached hydrogens (tertiary/aromatic N) is 4. The maximum absolute atomic E-state index is 13.0. The Kier molecular flexibility index (Phi) is 4.62. The van der Waals surface area contributed by atoms with Gasteiger partial charge in [-0.25, -0.2) is 19.5 Å². The Balaban J connectivity index is 1.85. The first-order valence-corrected chi connectivity index (χ1v) is 7.70. The number of halogens is 2. The Hall–Kier alpha value is -3.00. The van der Waals surface area contributed by atoms with Gasteiger partial charge in [0.25, 0.3) is 5.56 Å².